The van der Waals surface area contributed by atoms with Gasteiger partial charge < -0.3 is 5.32 Å². The van der Waals surface area contributed by atoms with Crippen molar-refractivity contribution in [3.8, 4) is 11.3 Å². The Morgan fingerprint density at radius 1 is 1.09 bits per heavy atom. The fourth-order valence-corrected chi connectivity index (χ4v) is 5.47. The molecule has 2 aromatic heterocycles. The lowest BCUT2D eigenvalue weighted by atomic mass is 9.89. The Bertz CT molecular complexity index is 1260. The summed E-state index contributed by atoms with van der Waals surface area (Å²) < 4.78 is 26.8. The molecule has 0 unspecified atom stereocenters. The second kappa shape index (κ2) is 8.25. The highest BCUT2D eigenvalue weighted by molar-refractivity contribution is 7.93. The van der Waals surface area contributed by atoms with E-state index in [2.05, 4.69) is 25.0 Å². The van der Waals surface area contributed by atoms with Gasteiger partial charge in [-0.05, 0) is 52.7 Å². The minimum atomic E-state index is -3.39. The number of nitrogens with zero attached hydrogens (tertiary/aromatic N) is 3. The van der Waals surface area contributed by atoms with Crippen molar-refractivity contribution >= 4 is 38.1 Å². The Balaban J connectivity index is 1.45. The Labute approximate surface area is 191 Å². The summed E-state index contributed by atoms with van der Waals surface area (Å²) in [5, 5.41) is 4.58. The number of rotatable bonds is 7. The summed E-state index contributed by atoms with van der Waals surface area (Å²) in [5.74, 6) is -0.238. The van der Waals surface area contributed by atoms with Crippen LogP contribution in [0.2, 0.25) is 0 Å². The number of carbonyl (C=O) groups is 1. The lowest BCUT2D eigenvalue weighted by Gasteiger charge is -2.21. The minimum Gasteiger partial charge on any atom is -0.325 e. The fraction of sp³-hybridized carbons (Fsp3) is 0.364. The van der Waals surface area contributed by atoms with Gasteiger partial charge in [0.15, 0.2) is 5.13 Å². The molecule has 0 atom stereocenters. The molecular formula is C22H25N5O3S2. The third-order valence-electron chi connectivity index (χ3n) is 5.54. The molecule has 8 nitrogen and oxygen atoms in total. The Morgan fingerprint density at radius 3 is 2.41 bits per heavy atom. The summed E-state index contributed by atoms with van der Waals surface area (Å²) in [6.07, 6.45) is 3.09. The summed E-state index contributed by atoms with van der Waals surface area (Å²) >= 11 is 1.18. The number of amides is 1. The van der Waals surface area contributed by atoms with Crippen LogP contribution in [0.1, 0.15) is 43.8 Å². The normalized spacial score (nSPS) is 14.2. The number of nitrogens with one attached hydrogen (secondary N) is 2. The molecule has 0 saturated heterocycles. The molecule has 2 N–H and O–H groups in total. The van der Waals surface area contributed by atoms with E-state index in [0.717, 1.165) is 22.6 Å². The Hall–Kier alpha value is -2.85. The molecule has 1 fully saturated rings. The van der Waals surface area contributed by atoms with Crippen LogP contribution in [-0.2, 0) is 20.2 Å². The topological polar surface area (TPSA) is 114 Å². The summed E-state index contributed by atoms with van der Waals surface area (Å²) in [6.45, 7) is 7.36. The van der Waals surface area contributed by atoms with Gasteiger partial charge in [0, 0.05) is 16.6 Å². The Kier molecular flexibility index (Phi) is 5.76. The van der Waals surface area contributed by atoms with Crippen LogP contribution in [0, 0.1) is 13.8 Å². The van der Waals surface area contributed by atoms with Gasteiger partial charge >= 0.3 is 0 Å². The average molecular weight is 472 g/mol. The van der Waals surface area contributed by atoms with E-state index in [1.54, 1.807) is 25.4 Å². The predicted octanol–water partition coefficient (Wildman–Crippen LogP) is 4.04. The van der Waals surface area contributed by atoms with Crippen molar-refractivity contribution in [1.82, 2.24) is 15.0 Å². The van der Waals surface area contributed by atoms with Crippen LogP contribution in [0.5, 0.6) is 0 Å². The highest BCUT2D eigenvalue weighted by Crippen LogP contribution is 2.33. The van der Waals surface area contributed by atoms with Gasteiger partial charge in [-0.25, -0.2) is 18.4 Å². The van der Waals surface area contributed by atoms with Crippen molar-refractivity contribution in [3.63, 3.8) is 0 Å². The maximum atomic E-state index is 13.0. The molecule has 32 heavy (non-hydrogen) atoms. The second-order valence-electron chi connectivity index (χ2n) is 8.47. The molecule has 0 spiro atoms. The maximum Gasteiger partial charge on any atom is 0.237 e. The van der Waals surface area contributed by atoms with Gasteiger partial charge in [0.25, 0.3) is 0 Å². The van der Waals surface area contributed by atoms with Crippen molar-refractivity contribution in [2.45, 2.75) is 51.2 Å². The predicted molar refractivity (Wildman–Crippen MR) is 126 cm³/mol. The summed E-state index contributed by atoms with van der Waals surface area (Å²) in [7, 11) is -3.39. The number of aromatic nitrogens is 3. The quantitative estimate of drug-likeness (QED) is 0.538. The van der Waals surface area contributed by atoms with Crippen LogP contribution < -0.4 is 10.0 Å². The molecule has 1 amide bonds. The third-order valence-corrected chi connectivity index (χ3v) is 8.25. The van der Waals surface area contributed by atoms with Crippen LogP contribution in [0.25, 0.3) is 11.3 Å². The van der Waals surface area contributed by atoms with Crippen molar-refractivity contribution in [3.05, 3.63) is 52.9 Å². The first-order chi connectivity index (χ1) is 15.1. The van der Waals surface area contributed by atoms with E-state index >= 15 is 0 Å². The zero-order chi connectivity index (χ0) is 23.1. The number of hydrogen-bond donors (Lipinski definition) is 2. The molecule has 3 aromatic rings. The number of aryl methyl sites for hydroxylation is 2. The molecule has 168 valence electrons. The lowest BCUT2D eigenvalue weighted by molar-refractivity contribution is -0.120. The maximum absolute atomic E-state index is 13.0. The van der Waals surface area contributed by atoms with Gasteiger partial charge in [-0.2, -0.15) is 0 Å². The van der Waals surface area contributed by atoms with E-state index in [9.17, 15) is 13.2 Å². The van der Waals surface area contributed by atoms with Crippen molar-refractivity contribution in [1.29, 1.82) is 0 Å². The number of carbonyl (C=O) groups excluding carboxylic acids is 1. The molecule has 1 aliphatic rings. The monoisotopic (exact) mass is 471 g/mol. The summed E-state index contributed by atoms with van der Waals surface area (Å²) in [6, 6.07) is 7.40. The number of hydrogen-bond acceptors (Lipinski definition) is 7. The van der Waals surface area contributed by atoms with E-state index in [1.165, 1.54) is 11.3 Å². The third kappa shape index (κ3) is 4.66. The minimum absolute atomic E-state index is 0.238. The molecule has 0 bridgehead atoms. The van der Waals surface area contributed by atoms with Gasteiger partial charge in [0.1, 0.15) is 0 Å². The highest BCUT2D eigenvalue weighted by atomic mass is 32.2. The lowest BCUT2D eigenvalue weighted by Crippen LogP contribution is -2.35. The van der Waals surface area contributed by atoms with Gasteiger partial charge in [0.2, 0.25) is 15.9 Å². The Morgan fingerprint density at radius 2 is 1.78 bits per heavy atom. The first-order valence-electron chi connectivity index (χ1n) is 10.3. The zero-order valence-electron chi connectivity index (χ0n) is 18.3. The second-order valence-corrected chi connectivity index (χ2v) is 11.3. The highest BCUT2D eigenvalue weighted by Gasteiger charge is 2.37. The van der Waals surface area contributed by atoms with Crippen LogP contribution in [-0.4, -0.2) is 34.5 Å². The van der Waals surface area contributed by atoms with Gasteiger partial charge in [0.05, 0.1) is 39.6 Å². The van der Waals surface area contributed by atoms with Gasteiger partial charge in [-0.15, -0.1) is 11.3 Å². The molecule has 10 heteroatoms. The van der Waals surface area contributed by atoms with Crippen LogP contribution in [0.3, 0.4) is 0 Å². The zero-order valence-corrected chi connectivity index (χ0v) is 20.0. The standard InChI is InChI=1S/C22H25N5O3S2/c1-13-14(2)24-18(11-23-13)15-5-7-16(8-6-15)25-20(28)22(3,4)19-12-31-21(26-19)27-32(29,30)17-9-10-17/h5-8,11-12,17H,9-10H2,1-4H3,(H,25,28)(H,26,27). The first kappa shape index (κ1) is 22.3. The van der Waals surface area contributed by atoms with Gasteiger partial charge in [-0.1, -0.05) is 12.1 Å². The molecular weight excluding hydrogens is 446 g/mol. The number of thiazole rings is 1. The molecule has 4 rings (SSSR count). The molecule has 2 heterocycles. The van der Waals surface area contributed by atoms with E-state index in [4.69, 9.17) is 0 Å². The fourth-order valence-electron chi connectivity index (χ4n) is 3.00. The first-order valence-corrected chi connectivity index (χ1v) is 12.7. The van der Waals surface area contributed by atoms with Crippen molar-refractivity contribution in [2.24, 2.45) is 0 Å². The van der Waals surface area contributed by atoms with Crippen molar-refractivity contribution in [2.75, 3.05) is 10.0 Å². The molecule has 1 aromatic carbocycles. The van der Waals surface area contributed by atoms with Crippen LogP contribution in [0.15, 0.2) is 35.8 Å². The van der Waals surface area contributed by atoms with Crippen molar-refractivity contribution < 1.29 is 13.2 Å². The van der Waals surface area contributed by atoms with E-state index < -0.39 is 15.4 Å². The smallest absolute Gasteiger partial charge is 0.237 e. The van der Waals surface area contributed by atoms with Crippen LogP contribution >= 0.6 is 11.3 Å². The van der Waals surface area contributed by atoms with Gasteiger partial charge in [-0.3, -0.25) is 14.5 Å². The largest absolute Gasteiger partial charge is 0.325 e. The summed E-state index contributed by atoms with van der Waals surface area (Å²) in [5.41, 5.74) is 3.66. The average Bonchev–Trinajstić information content (AvgIpc) is 3.51. The number of benzene rings is 1. The SMILES string of the molecule is Cc1ncc(-c2ccc(NC(=O)C(C)(C)c3csc(NS(=O)(=O)C4CC4)n3)cc2)nc1C. The molecule has 1 saturated carbocycles. The molecule has 1 aliphatic carbocycles. The van der Waals surface area contributed by atoms with E-state index in [1.807, 2.05) is 38.1 Å². The summed E-state index contributed by atoms with van der Waals surface area (Å²) in [4.78, 5) is 26.2. The van der Waals surface area contributed by atoms with Crippen LogP contribution in [0.4, 0.5) is 10.8 Å². The molecule has 0 radical (unpaired) electrons. The van der Waals surface area contributed by atoms with E-state index in [-0.39, 0.29) is 16.3 Å². The number of anilines is 2. The van der Waals surface area contributed by atoms with E-state index in [0.29, 0.717) is 24.2 Å². The molecule has 0 aliphatic heterocycles. The number of sulfonamides is 1.